The fraction of sp³-hybridized carbons (Fsp3) is 0.286. The Balaban J connectivity index is 1.53. The molecule has 45 heavy (non-hydrogen) atoms. The van der Waals surface area contributed by atoms with Crippen LogP contribution in [0.4, 0.5) is 0 Å². The molecule has 0 radical (unpaired) electrons. The fourth-order valence-corrected chi connectivity index (χ4v) is 9.05. The number of aliphatic hydroxyl groups excluding tert-OH is 1. The first kappa shape index (κ1) is 31.0. The van der Waals surface area contributed by atoms with Crippen LogP contribution in [0.1, 0.15) is 17.2 Å². The Morgan fingerprint density at radius 2 is 1.33 bits per heavy atom. The number of cyclic esters (lactones) is 1. The maximum Gasteiger partial charge on any atom is 0.312 e. The Labute approximate surface area is 270 Å². The number of methoxy groups -OCH3 is 3. The molecule has 0 aliphatic carbocycles. The summed E-state index contributed by atoms with van der Waals surface area (Å²) >= 11 is 3.25. The molecule has 1 fully saturated rings. The molecule has 8 nitrogen and oxygen atoms in total. The number of hydrogen-bond acceptors (Lipinski definition) is 10. The minimum Gasteiger partial charge on any atom is -0.493 e. The van der Waals surface area contributed by atoms with Gasteiger partial charge in [0.1, 0.15) is 17.3 Å². The molecule has 0 bridgehead atoms. The standard InChI is InChI=1S/C35H34O8S2/c1-38-29-18-22(19-30(39-2)33(29)40-3)32(36)31-26(21-43-34(31)37)35(44-24-10-6-4-7-11-24,45-25-12-8-5-9-13-25)23-14-15-27-28(20-23)42-17-16-41-27/h4-15,18-20,26,31-32,36H,16-17,21H2,1-3H3/t26-,31-,32+/m0/s1. The number of aliphatic hydroxyl groups is 1. The molecule has 3 atom stereocenters. The minimum atomic E-state index is -1.25. The summed E-state index contributed by atoms with van der Waals surface area (Å²) in [7, 11) is 4.55. The first-order valence-electron chi connectivity index (χ1n) is 14.5. The molecule has 2 aliphatic heterocycles. The van der Waals surface area contributed by atoms with E-state index in [1.807, 2.05) is 78.9 Å². The highest BCUT2D eigenvalue weighted by molar-refractivity contribution is 8.17. The number of esters is 1. The number of ether oxygens (including phenoxy) is 6. The van der Waals surface area contributed by atoms with Crippen LogP contribution in [-0.4, -0.2) is 52.2 Å². The first-order chi connectivity index (χ1) is 22.0. The lowest BCUT2D eigenvalue weighted by atomic mass is 9.82. The highest BCUT2D eigenvalue weighted by Crippen LogP contribution is 2.62. The van der Waals surface area contributed by atoms with Gasteiger partial charge in [-0.25, -0.2) is 0 Å². The smallest absolute Gasteiger partial charge is 0.312 e. The second-order valence-electron chi connectivity index (χ2n) is 10.5. The zero-order chi connectivity index (χ0) is 31.4. The van der Waals surface area contributed by atoms with Gasteiger partial charge in [0, 0.05) is 15.7 Å². The Bertz CT molecular complexity index is 1570. The maximum absolute atomic E-state index is 13.7. The average Bonchev–Trinajstić information content (AvgIpc) is 3.49. The van der Waals surface area contributed by atoms with E-state index < -0.39 is 28.0 Å². The van der Waals surface area contributed by atoms with E-state index in [2.05, 4.69) is 0 Å². The van der Waals surface area contributed by atoms with E-state index in [-0.39, 0.29) is 6.61 Å². The number of carbonyl (C=O) groups is 1. The van der Waals surface area contributed by atoms with Gasteiger partial charge in [0.15, 0.2) is 23.0 Å². The van der Waals surface area contributed by atoms with E-state index in [4.69, 9.17) is 28.4 Å². The summed E-state index contributed by atoms with van der Waals surface area (Å²) in [5.41, 5.74) is 1.35. The molecule has 1 N–H and O–H groups in total. The van der Waals surface area contributed by atoms with E-state index in [1.165, 1.54) is 21.3 Å². The van der Waals surface area contributed by atoms with E-state index in [1.54, 1.807) is 35.7 Å². The van der Waals surface area contributed by atoms with E-state index in [0.717, 1.165) is 15.4 Å². The first-order valence-corrected chi connectivity index (χ1v) is 16.1. The summed E-state index contributed by atoms with van der Waals surface area (Å²) < 4.78 is 33.5. The Morgan fingerprint density at radius 3 is 1.89 bits per heavy atom. The predicted molar refractivity (Wildman–Crippen MR) is 173 cm³/mol. The highest BCUT2D eigenvalue weighted by atomic mass is 32.2. The molecule has 1 saturated heterocycles. The normalized spacial score (nSPS) is 18.2. The summed E-state index contributed by atoms with van der Waals surface area (Å²) in [4.78, 5) is 15.7. The number of hydrogen-bond donors (Lipinski definition) is 1. The molecule has 6 rings (SSSR count). The van der Waals surface area contributed by atoms with Crippen LogP contribution in [-0.2, 0) is 13.6 Å². The van der Waals surface area contributed by atoms with Gasteiger partial charge >= 0.3 is 5.97 Å². The molecule has 2 aliphatic rings. The highest BCUT2D eigenvalue weighted by Gasteiger charge is 2.55. The molecule has 0 spiro atoms. The van der Waals surface area contributed by atoms with Crippen LogP contribution in [0.5, 0.6) is 28.7 Å². The van der Waals surface area contributed by atoms with E-state index in [9.17, 15) is 9.90 Å². The van der Waals surface area contributed by atoms with Gasteiger partial charge in [-0.3, -0.25) is 4.79 Å². The van der Waals surface area contributed by atoms with Crippen molar-refractivity contribution in [3.05, 3.63) is 102 Å². The van der Waals surface area contributed by atoms with Crippen molar-refractivity contribution in [1.29, 1.82) is 0 Å². The van der Waals surface area contributed by atoms with E-state index >= 15 is 0 Å². The molecular formula is C35H34O8S2. The third-order valence-electron chi connectivity index (χ3n) is 7.94. The van der Waals surface area contributed by atoms with Crippen molar-refractivity contribution >= 4 is 29.5 Å². The molecule has 0 aromatic heterocycles. The summed E-state index contributed by atoms with van der Waals surface area (Å²) in [5, 5.41) is 12.1. The lowest BCUT2D eigenvalue weighted by Gasteiger charge is -2.41. The Kier molecular flexibility index (Phi) is 9.34. The van der Waals surface area contributed by atoms with E-state index in [0.29, 0.717) is 47.5 Å². The van der Waals surface area contributed by atoms with Crippen LogP contribution >= 0.6 is 23.5 Å². The summed E-state index contributed by atoms with van der Waals surface area (Å²) in [6.07, 6.45) is -1.25. The van der Waals surface area contributed by atoms with Crippen LogP contribution in [0.2, 0.25) is 0 Å². The third kappa shape index (κ3) is 6.14. The largest absolute Gasteiger partial charge is 0.493 e. The summed E-state index contributed by atoms with van der Waals surface area (Å²) in [6, 6.07) is 29.4. The second kappa shape index (κ2) is 13.6. The van der Waals surface area contributed by atoms with Crippen LogP contribution in [0.3, 0.4) is 0 Å². The van der Waals surface area contributed by atoms with Crippen LogP contribution < -0.4 is 23.7 Å². The van der Waals surface area contributed by atoms with Gasteiger partial charge in [0.05, 0.1) is 40.0 Å². The molecule has 10 heteroatoms. The number of benzene rings is 4. The quantitative estimate of drug-likeness (QED) is 0.107. The van der Waals surface area contributed by atoms with Gasteiger partial charge in [0.2, 0.25) is 5.75 Å². The average molecular weight is 647 g/mol. The SMILES string of the molecule is COc1cc([C@@H](O)[C@H]2C(=O)OC[C@@H]2C(Sc2ccccc2)(Sc2ccccc2)c2ccc3c(c2)OCCO3)cc(OC)c1OC. The Morgan fingerprint density at radius 1 is 0.756 bits per heavy atom. The topological polar surface area (TPSA) is 92.7 Å². The summed E-state index contributed by atoms with van der Waals surface area (Å²) in [6.45, 7) is 1.01. The van der Waals surface area contributed by atoms with Crippen LogP contribution in [0, 0.1) is 11.8 Å². The zero-order valence-corrected chi connectivity index (χ0v) is 26.8. The molecule has 4 aromatic carbocycles. The maximum atomic E-state index is 13.7. The lowest BCUT2D eigenvalue weighted by Crippen LogP contribution is -2.37. The number of carbonyl (C=O) groups excluding carboxylic acids is 1. The molecule has 0 amide bonds. The van der Waals surface area contributed by atoms with Gasteiger partial charge in [-0.05, 0) is 59.7 Å². The van der Waals surface area contributed by atoms with Crippen molar-refractivity contribution in [2.24, 2.45) is 11.8 Å². The molecule has 0 unspecified atom stereocenters. The monoisotopic (exact) mass is 646 g/mol. The van der Waals surface area contributed by atoms with Crippen molar-refractivity contribution in [2.45, 2.75) is 20.0 Å². The molecule has 4 aromatic rings. The third-order valence-corrected chi connectivity index (χ3v) is 11.1. The van der Waals surface area contributed by atoms with Gasteiger partial charge in [0.25, 0.3) is 0 Å². The van der Waals surface area contributed by atoms with Crippen molar-refractivity contribution in [3.8, 4) is 28.7 Å². The lowest BCUT2D eigenvalue weighted by molar-refractivity contribution is -0.144. The van der Waals surface area contributed by atoms with Crippen LogP contribution in [0.15, 0.2) is 101 Å². The van der Waals surface area contributed by atoms with Gasteiger partial charge in [-0.2, -0.15) is 0 Å². The number of rotatable bonds is 11. The van der Waals surface area contributed by atoms with Gasteiger partial charge in [-0.15, -0.1) is 23.5 Å². The Hall–Kier alpha value is -3.99. The van der Waals surface area contributed by atoms with Crippen molar-refractivity contribution in [2.75, 3.05) is 41.2 Å². The van der Waals surface area contributed by atoms with Gasteiger partial charge in [-0.1, -0.05) is 42.5 Å². The number of fused-ring (bicyclic) bond motifs is 1. The molecule has 234 valence electrons. The predicted octanol–water partition coefficient (Wildman–Crippen LogP) is 6.74. The minimum absolute atomic E-state index is 0.0963. The fourth-order valence-electron chi connectivity index (χ4n) is 5.80. The molecule has 2 heterocycles. The van der Waals surface area contributed by atoms with Crippen LogP contribution in [0.25, 0.3) is 0 Å². The van der Waals surface area contributed by atoms with Crippen molar-refractivity contribution in [3.63, 3.8) is 0 Å². The molecule has 0 saturated carbocycles. The van der Waals surface area contributed by atoms with Gasteiger partial charge < -0.3 is 33.5 Å². The number of thioether (sulfide) groups is 2. The van der Waals surface area contributed by atoms with Crippen molar-refractivity contribution < 1.29 is 38.3 Å². The second-order valence-corrected chi connectivity index (χ2v) is 13.4. The molecular weight excluding hydrogens is 613 g/mol. The summed E-state index contributed by atoms with van der Waals surface area (Å²) in [5.74, 6) is 0.536. The van der Waals surface area contributed by atoms with Crippen molar-refractivity contribution in [1.82, 2.24) is 0 Å². The zero-order valence-electron chi connectivity index (χ0n) is 25.1.